The quantitative estimate of drug-likeness (QED) is 0.598. The number of carbonyl (C=O) groups is 5. The summed E-state index contributed by atoms with van der Waals surface area (Å²) in [6.45, 7) is 6.63. The molecule has 0 radical (unpaired) electrons. The number of anilines is 1. The van der Waals surface area contributed by atoms with Crippen molar-refractivity contribution >= 4 is 35.4 Å². The van der Waals surface area contributed by atoms with Crippen LogP contribution in [0.2, 0.25) is 0 Å². The number of rotatable bonds is 5. The number of methoxy groups -OCH3 is 1. The standard InChI is InChI=1S/C26H34N4O6/c1-26(2,3)30(25(35)36-4)16-10-8-15(9-11-16)14-27-18-7-5-6-17-21(18)24(34)29(23(17)33)19-12-13-20(31)28-22(19)32/h5-7,15-16,19,27H,8-14H2,1-4H3,(H,28,31,32). The molecule has 2 N–H and O–H groups in total. The SMILES string of the molecule is COC(=O)N(C1CCC(CNc2cccc3c2C(=O)N(C2CCC(=O)NC2=O)C3=O)CC1)C(C)(C)C. The Morgan fingerprint density at radius 3 is 2.39 bits per heavy atom. The van der Waals surface area contributed by atoms with E-state index in [2.05, 4.69) is 10.6 Å². The Morgan fingerprint density at radius 1 is 1.08 bits per heavy atom. The van der Waals surface area contributed by atoms with E-state index in [-0.39, 0.29) is 41.6 Å². The number of benzene rings is 1. The Labute approximate surface area is 210 Å². The molecule has 1 aromatic carbocycles. The fourth-order valence-electron chi connectivity index (χ4n) is 5.59. The lowest BCUT2D eigenvalue weighted by Gasteiger charge is -2.43. The minimum absolute atomic E-state index is 0.0835. The molecule has 1 saturated carbocycles. The topological polar surface area (TPSA) is 125 Å². The second kappa shape index (κ2) is 9.91. The summed E-state index contributed by atoms with van der Waals surface area (Å²) in [5, 5.41) is 5.57. The van der Waals surface area contributed by atoms with Crippen LogP contribution in [-0.4, -0.2) is 70.8 Å². The van der Waals surface area contributed by atoms with Crippen molar-refractivity contribution < 1.29 is 28.7 Å². The summed E-state index contributed by atoms with van der Waals surface area (Å²) in [7, 11) is 1.41. The molecular formula is C26H34N4O6. The number of nitrogens with one attached hydrogen (secondary N) is 2. The van der Waals surface area contributed by atoms with Gasteiger partial charge in [0.05, 0.1) is 18.2 Å². The molecule has 5 amide bonds. The van der Waals surface area contributed by atoms with E-state index in [1.54, 1.807) is 18.2 Å². The van der Waals surface area contributed by atoms with E-state index in [1.165, 1.54) is 7.11 Å². The molecule has 10 nitrogen and oxygen atoms in total. The molecule has 1 unspecified atom stereocenters. The highest BCUT2D eigenvalue weighted by Crippen LogP contribution is 2.35. The molecule has 1 aliphatic carbocycles. The Bertz CT molecular complexity index is 1090. The van der Waals surface area contributed by atoms with Gasteiger partial charge in [-0.3, -0.25) is 29.4 Å². The van der Waals surface area contributed by atoms with E-state index < -0.39 is 29.7 Å². The highest BCUT2D eigenvalue weighted by atomic mass is 16.5. The maximum absolute atomic E-state index is 13.3. The predicted molar refractivity (Wildman–Crippen MR) is 131 cm³/mol. The number of carbonyl (C=O) groups excluding carboxylic acids is 5. The van der Waals surface area contributed by atoms with E-state index in [1.807, 2.05) is 25.7 Å². The first kappa shape index (κ1) is 25.7. The lowest BCUT2D eigenvalue weighted by atomic mass is 9.84. The minimum atomic E-state index is -0.987. The first-order chi connectivity index (χ1) is 17.0. The van der Waals surface area contributed by atoms with Gasteiger partial charge in [-0.15, -0.1) is 0 Å². The smallest absolute Gasteiger partial charge is 0.410 e. The second-order valence-corrected chi connectivity index (χ2v) is 10.7. The van der Waals surface area contributed by atoms with Gasteiger partial charge in [-0.2, -0.15) is 0 Å². The van der Waals surface area contributed by atoms with Gasteiger partial charge in [0.15, 0.2) is 0 Å². The molecule has 1 saturated heterocycles. The van der Waals surface area contributed by atoms with Crippen LogP contribution in [0.15, 0.2) is 18.2 Å². The van der Waals surface area contributed by atoms with Gasteiger partial charge < -0.3 is 15.0 Å². The first-order valence-electron chi connectivity index (χ1n) is 12.5. The summed E-state index contributed by atoms with van der Waals surface area (Å²) >= 11 is 0. The number of hydrogen-bond acceptors (Lipinski definition) is 7. The normalized spacial score (nSPS) is 24.3. The third-order valence-corrected chi connectivity index (χ3v) is 7.32. The molecule has 0 aromatic heterocycles. The monoisotopic (exact) mass is 498 g/mol. The Morgan fingerprint density at radius 2 is 1.78 bits per heavy atom. The third-order valence-electron chi connectivity index (χ3n) is 7.32. The van der Waals surface area contributed by atoms with Gasteiger partial charge >= 0.3 is 6.09 Å². The number of fused-ring (bicyclic) bond motifs is 1. The highest BCUT2D eigenvalue weighted by Gasteiger charge is 2.45. The van der Waals surface area contributed by atoms with Crippen LogP contribution in [0.1, 0.15) is 80.0 Å². The van der Waals surface area contributed by atoms with Crippen molar-refractivity contribution in [1.29, 1.82) is 0 Å². The molecule has 4 rings (SSSR count). The molecule has 0 spiro atoms. The molecule has 2 heterocycles. The van der Waals surface area contributed by atoms with Crippen LogP contribution in [0.5, 0.6) is 0 Å². The summed E-state index contributed by atoms with van der Waals surface area (Å²) in [5.74, 6) is -1.71. The van der Waals surface area contributed by atoms with E-state index in [9.17, 15) is 24.0 Å². The minimum Gasteiger partial charge on any atom is -0.453 e. The lowest BCUT2D eigenvalue weighted by Crippen LogP contribution is -2.54. The zero-order valence-corrected chi connectivity index (χ0v) is 21.3. The van der Waals surface area contributed by atoms with Crippen molar-refractivity contribution in [1.82, 2.24) is 15.1 Å². The zero-order chi connectivity index (χ0) is 26.2. The van der Waals surface area contributed by atoms with E-state index in [0.717, 1.165) is 30.6 Å². The van der Waals surface area contributed by atoms with E-state index >= 15 is 0 Å². The van der Waals surface area contributed by atoms with Gasteiger partial charge in [-0.25, -0.2) is 4.79 Å². The number of nitrogens with zero attached hydrogens (tertiary/aromatic N) is 2. The van der Waals surface area contributed by atoms with Crippen molar-refractivity contribution in [2.45, 2.75) is 76.9 Å². The molecule has 2 fully saturated rings. The van der Waals surface area contributed by atoms with Crippen molar-refractivity contribution in [3.05, 3.63) is 29.3 Å². The molecule has 0 bridgehead atoms. The highest BCUT2D eigenvalue weighted by molar-refractivity contribution is 6.25. The van der Waals surface area contributed by atoms with E-state index in [0.29, 0.717) is 18.2 Å². The van der Waals surface area contributed by atoms with Crippen molar-refractivity contribution in [3.8, 4) is 0 Å². The molecule has 1 atom stereocenters. The van der Waals surface area contributed by atoms with Gasteiger partial charge in [-0.1, -0.05) is 6.07 Å². The van der Waals surface area contributed by atoms with Crippen LogP contribution in [0.25, 0.3) is 0 Å². The first-order valence-corrected chi connectivity index (χ1v) is 12.5. The molecule has 1 aromatic rings. The van der Waals surface area contributed by atoms with Crippen LogP contribution in [0.4, 0.5) is 10.5 Å². The van der Waals surface area contributed by atoms with Gasteiger partial charge in [0.25, 0.3) is 11.8 Å². The number of amides is 5. The van der Waals surface area contributed by atoms with Crippen LogP contribution in [0.3, 0.4) is 0 Å². The molecule has 36 heavy (non-hydrogen) atoms. The summed E-state index contributed by atoms with van der Waals surface area (Å²) < 4.78 is 5.02. The third kappa shape index (κ3) is 4.81. The van der Waals surface area contributed by atoms with Gasteiger partial charge in [0, 0.05) is 30.2 Å². The van der Waals surface area contributed by atoms with Crippen molar-refractivity contribution in [3.63, 3.8) is 0 Å². The molecule has 194 valence electrons. The van der Waals surface area contributed by atoms with Crippen LogP contribution in [0, 0.1) is 5.92 Å². The molecule has 2 aliphatic heterocycles. The summed E-state index contributed by atoms with van der Waals surface area (Å²) in [5.41, 5.74) is 0.755. The fraction of sp³-hybridized carbons (Fsp3) is 0.577. The number of piperidine rings is 1. The Kier molecular flexibility index (Phi) is 7.06. The Hall–Kier alpha value is -3.43. The summed E-state index contributed by atoms with van der Waals surface area (Å²) in [6, 6.07) is 4.19. The average Bonchev–Trinajstić information content (AvgIpc) is 3.08. The van der Waals surface area contributed by atoms with Gasteiger partial charge in [0.1, 0.15) is 6.04 Å². The van der Waals surface area contributed by atoms with Gasteiger partial charge in [0.2, 0.25) is 11.8 Å². The summed E-state index contributed by atoms with van der Waals surface area (Å²) in [6.07, 6.45) is 3.42. The zero-order valence-electron chi connectivity index (χ0n) is 21.3. The largest absolute Gasteiger partial charge is 0.453 e. The number of ether oxygens (including phenoxy) is 1. The Balaban J connectivity index is 1.41. The van der Waals surface area contributed by atoms with Crippen LogP contribution < -0.4 is 10.6 Å². The molecule has 3 aliphatic rings. The van der Waals surface area contributed by atoms with Crippen molar-refractivity contribution in [2.24, 2.45) is 5.92 Å². The van der Waals surface area contributed by atoms with Gasteiger partial charge in [-0.05, 0) is 70.9 Å². The van der Waals surface area contributed by atoms with Crippen LogP contribution in [-0.2, 0) is 14.3 Å². The average molecular weight is 499 g/mol. The van der Waals surface area contributed by atoms with E-state index in [4.69, 9.17) is 4.74 Å². The van der Waals surface area contributed by atoms with Crippen molar-refractivity contribution in [2.75, 3.05) is 19.0 Å². The maximum atomic E-state index is 13.3. The predicted octanol–water partition coefficient (Wildman–Crippen LogP) is 2.93. The molecular weight excluding hydrogens is 464 g/mol. The fourth-order valence-corrected chi connectivity index (χ4v) is 5.59. The second-order valence-electron chi connectivity index (χ2n) is 10.7. The molecule has 10 heteroatoms. The summed E-state index contributed by atoms with van der Waals surface area (Å²) in [4.78, 5) is 65.3. The van der Waals surface area contributed by atoms with Crippen LogP contribution >= 0.6 is 0 Å². The lowest BCUT2D eigenvalue weighted by molar-refractivity contribution is -0.136. The maximum Gasteiger partial charge on any atom is 0.410 e. The number of hydrogen-bond donors (Lipinski definition) is 2. The number of imide groups is 2.